The Morgan fingerprint density at radius 1 is 1.33 bits per heavy atom. The molecule has 4 nitrogen and oxygen atoms in total. The van der Waals surface area contributed by atoms with Gasteiger partial charge in [0.1, 0.15) is 12.1 Å². The van der Waals surface area contributed by atoms with Crippen LogP contribution in [0.3, 0.4) is 0 Å². The van der Waals surface area contributed by atoms with Crippen LogP contribution in [0.5, 0.6) is 0 Å². The van der Waals surface area contributed by atoms with Gasteiger partial charge in [0.15, 0.2) is 5.65 Å². The van der Waals surface area contributed by atoms with Gasteiger partial charge in [0.2, 0.25) is 0 Å². The van der Waals surface area contributed by atoms with E-state index in [2.05, 4.69) is 21.0 Å². The van der Waals surface area contributed by atoms with Crippen LogP contribution in [0, 0.1) is 0 Å². The number of hydrogen-bond donors (Lipinski definition) is 1. The second kappa shape index (κ2) is 3.34. The number of nitrogens with two attached hydrogens (primary N) is 1. The van der Waals surface area contributed by atoms with Crippen LogP contribution in [0.1, 0.15) is 11.3 Å². The summed E-state index contributed by atoms with van der Waals surface area (Å²) in [5.74, 6) is 2.68. The molecule has 0 fully saturated rings. The van der Waals surface area contributed by atoms with Gasteiger partial charge in [0.25, 0.3) is 0 Å². The molecular formula is C10H10N4S. The summed E-state index contributed by atoms with van der Waals surface area (Å²) in [6, 6.07) is 2.08. The molecule has 2 aromatic rings. The summed E-state index contributed by atoms with van der Waals surface area (Å²) in [5.41, 5.74) is 8.95. The van der Waals surface area contributed by atoms with E-state index in [0.717, 1.165) is 23.3 Å². The van der Waals surface area contributed by atoms with Crippen molar-refractivity contribution in [3.05, 3.63) is 23.7 Å². The lowest BCUT2D eigenvalue weighted by molar-refractivity contribution is 0.999. The Morgan fingerprint density at radius 2 is 2.27 bits per heavy atom. The van der Waals surface area contributed by atoms with Crippen LogP contribution in [0.25, 0.3) is 11.0 Å². The highest BCUT2D eigenvalue weighted by Gasteiger charge is 2.13. The Labute approximate surface area is 91.3 Å². The first-order valence-corrected chi connectivity index (χ1v) is 5.97. The smallest absolute Gasteiger partial charge is 0.164 e. The predicted octanol–water partition coefficient (Wildman–Crippen LogP) is 1.40. The molecule has 0 radical (unpaired) electrons. The highest BCUT2D eigenvalue weighted by molar-refractivity contribution is 7.98. The molecule has 3 heterocycles. The standard InChI is InChI=1S/C10H10N4S/c11-9-7-3-6-4-15-2-1-8(6)14-10(7)13-5-12-9/h3,5H,1-2,4H2,(H2,11,12,13,14). The lowest BCUT2D eigenvalue weighted by Crippen LogP contribution is -2.07. The monoisotopic (exact) mass is 218 g/mol. The van der Waals surface area contributed by atoms with Crippen molar-refractivity contribution < 1.29 is 0 Å². The van der Waals surface area contributed by atoms with E-state index in [0.29, 0.717) is 11.5 Å². The maximum atomic E-state index is 5.79. The van der Waals surface area contributed by atoms with Crippen molar-refractivity contribution >= 4 is 28.6 Å². The van der Waals surface area contributed by atoms with Crippen LogP contribution in [-0.4, -0.2) is 20.7 Å². The molecule has 0 bridgehead atoms. The molecule has 3 rings (SSSR count). The normalized spacial score (nSPS) is 15.2. The molecule has 76 valence electrons. The topological polar surface area (TPSA) is 64.7 Å². The summed E-state index contributed by atoms with van der Waals surface area (Å²) in [5, 5.41) is 0.874. The molecule has 1 aliphatic heterocycles. The summed E-state index contributed by atoms with van der Waals surface area (Å²) in [6.45, 7) is 0. The number of pyridine rings is 1. The number of thioether (sulfide) groups is 1. The molecule has 5 heteroatoms. The molecule has 0 saturated carbocycles. The molecule has 2 N–H and O–H groups in total. The average Bonchev–Trinajstić information content (AvgIpc) is 2.27. The van der Waals surface area contributed by atoms with E-state index in [1.54, 1.807) is 0 Å². The molecule has 0 atom stereocenters. The lowest BCUT2D eigenvalue weighted by Gasteiger charge is -2.14. The molecule has 0 amide bonds. The number of fused-ring (bicyclic) bond motifs is 2. The predicted molar refractivity (Wildman–Crippen MR) is 61.6 cm³/mol. The maximum Gasteiger partial charge on any atom is 0.164 e. The first-order valence-electron chi connectivity index (χ1n) is 4.81. The minimum absolute atomic E-state index is 0.519. The molecule has 0 saturated heterocycles. The van der Waals surface area contributed by atoms with Crippen LogP contribution >= 0.6 is 11.8 Å². The van der Waals surface area contributed by atoms with Gasteiger partial charge in [0, 0.05) is 11.4 Å². The van der Waals surface area contributed by atoms with Crippen molar-refractivity contribution in [3.8, 4) is 0 Å². The van der Waals surface area contributed by atoms with Crippen molar-refractivity contribution in [3.63, 3.8) is 0 Å². The van der Waals surface area contributed by atoms with E-state index in [4.69, 9.17) is 5.73 Å². The first kappa shape index (κ1) is 8.91. The Kier molecular flexibility index (Phi) is 1.98. The minimum Gasteiger partial charge on any atom is -0.383 e. The zero-order chi connectivity index (χ0) is 10.3. The molecule has 2 aromatic heterocycles. The molecule has 0 aromatic carbocycles. The zero-order valence-corrected chi connectivity index (χ0v) is 8.92. The highest BCUT2D eigenvalue weighted by atomic mass is 32.2. The molecular weight excluding hydrogens is 208 g/mol. The summed E-state index contributed by atoms with van der Waals surface area (Å²) in [6.07, 6.45) is 2.49. The number of anilines is 1. The Hall–Kier alpha value is -1.36. The van der Waals surface area contributed by atoms with Crippen LogP contribution in [0.2, 0.25) is 0 Å². The largest absolute Gasteiger partial charge is 0.383 e. The van der Waals surface area contributed by atoms with Gasteiger partial charge in [-0.3, -0.25) is 0 Å². The summed E-state index contributed by atoms with van der Waals surface area (Å²) in [4.78, 5) is 12.6. The van der Waals surface area contributed by atoms with E-state index in [-0.39, 0.29) is 0 Å². The zero-order valence-electron chi connectivity index (χ0n) is 8.10. The third-order valence-electron chi connectivity index (χ3n) is 2.56. The van der Waals surface area contributed by atoms with E-state index >= 15 is 0 Å². The second-order valence-corrected chi connectivity index (χ2v) is 4.63. The van der Waals surface area contributed by atoms with Gasteiger partial charge in [-0.05, 0) is 23.8 Å². The lowest BCUT2D eigenvalue weighted by atomic mass is 10.1. The number of nitrogen functional groups attached to an aromatic ring is 1. The minimum atomic E-state index is 0.519. The van der Waals surface area contributed by atoms with Crippen LogP contribution in [-0.2, 0) is 12.2 Å². The highest BCUT2D eigenvalue weighted by Crippen LogP contribution is 2.27. The molecule has 1 aliphatic rings. The van der Waals surface area contributed by atoms with Crippen LogP contribution in [0.4, 0.5) is 5.82 Å². The van der Waals surface area contributed by atoms with Gasteiger partial charge in [-0.2, -0.15) is 11.8 Å². The van der Waals surface area contributed by atoms with Crippen molar-refractivity contribution in [2.75, 3.05) is 11.5 Å². The number of aryl methyl sites for hydroxylation is 1. The van der Waals surface area contributed by atoms with Crippen LogP contribution in [0.15, 0.2) is 12.4 Å². The molecule has 15 heavy (non-hydrogen) atoms. The SMILES string of the molecule is Nc1ncnc2nc3c(cc12)CSCC3. The van der Waals surface area contributed by atoms with Crippen molar-refractivity contribution in [2.45, 2.75) is 12.2 Å². The van der Waals surface area contributed by atoms with Crippen molar-refractivity contribution in [2.24, 2.45) is 0 Å². The van der Waals surface area contributed by atoms with E-state index in [9.17, 15) is 0 Å². The summed E-state index contributed by atoms with van der Waals surface area (Å²) in [7, 11) is 0. The third-order valence-corrected chi connectivity index (χ3v) is 3.57. The summed E-state index contributed by atoms with van der Waals surface area (Å²) >= 11 is 1.93. The van der Waals surface area contributed by atoms with Gasteiger partial charge in [0.05, 0.1) is 5.39 Å². The van der Waals surface area contributed by atoms with E-state index in [1.165, 1.54) is 17.6 Å². The number of rotatable bonds is 0. The number of hydrogen-bond acceptors (Lipinski definition) is 5. The molecule has 0 unspecified atom stereocenters. The fraction of sp³-hybridized carbons (Fsp3) is 0.300. The molecule has 0 aliphatic carbocycles. The fourth-order valence-electron chi connectivity index (χ4n) is 1.78. The maximum absolute atomic E-state index is 5.79. The average molecular weight is 218 g/mol. The van der Waals surface area contributed by atoms with E-state index < -0.39 is 0 Å². The van der Waals surface area contributed by atoms with Gasteiger partial charge in [-0.15, -0.1) is 0 Å². The Balaban J connectivity index is 2.31. The van der Waals surface area contributed by atoms with Crippen LogP contribution < -0.4 is 5.73 Å². The Morgan fingerprint density at radius 3 is 3.20 bits per heavy atom. The van der Waals surface area contributed by atoms with Gasteiger partial charge in [-0.1, -0.05) is 0 Å². The quantitative estimate of drug-likeness (QED) is 0.724. The first-order chi connectivity index (χ1) is 7.34. The second-order valence-electron chi connectivity index (χ2n) is 3.53. The number of aromatic nitrogens is 3. The van der Waals surface area contributed by atoms with Gasteiger partial charge in [-0.25, -0.2) is 15.0 Å². The van der Waals surface area contributed by atoms with Gasteiger partial charge < -0.3 is 5.73 Å². The Bertz CT molecular complexity index is 526. The van der Waals surface area contributed by atoms with Crippen molar-refractivity contribution in [1.29, 1.82) is 0 Å². The molecule has 0 spiro atoms. The third kappa shape index (κ3) is 1.43. The number of nitrogens with zero attached hydrogens (tertiary/aromatic N) is 3. The van der Waals surface area contributed by atoms with Gasteiger partial charge >= 0.3 is 0 Å². The fourth-order valence-corrected chi connectivity index (χ4v) is 2.73. The van der Waals surface area contributed by atoms with E-state index in [1.807, 2.05) is 11.8 Å². The summed E-state index contributed by atoms with van der Waals surface area (Å²) < 4.78 is 0. The van der Waals surface area contributed by atoms with Crippen molar-refractivity contribution in [1.82, 2.24) is 15.0 Å².